The van der Waals surface area contributed by atoms with Crippen molar-refractivity contribution in [2.75, 3.05) is 13.7 Å². The first-order chi connectivity index (χ1) is 8.01. The fraction of sp³-hybridized carbons (Fsp3) is 0.400. The minimum absolute atomic E-state index is 0.0597. The van der Waals surface area contributed by atoms with E-state index in [0.29, 0.717) is 6.07 Å². The maximum absolute atomic E-state index is 13.3. The molecule has 0 saturated carbocycles. The Hall–Kier alpha value is -1.79. The lowest BCUT2D eigenvalue weighted by molar-refractivity contribution is 0.0517. The lowest BCUT2D eigenvalue weighted by atomic mass is 10.2. The Morgan fingerprint density at radius 2 is 2.18 bits per heavy atom. The number of hydrogen-bond donors (Lipinski definition) is 0. The molecule has 0 aliphatic heterocycles. The van der Waals surface area contributed by atoms with Gasteiger partial charge in [-0.05, 0) is 13.0 Å². The van der Waals surface area contributed by atoms with Crippen molar-refractivity contribution in [3.63, 3.8) is 0 Å². The van der Waals surface area contributed by atoms with Crippen molar-refractivity contribution in [3.05, 3.63) is 23.1 Å². The van der Waals surface area contributed by atoms with Crippen molar-refractivity contribution in [1.82, 2.24) is 4.98 Å². The summed E-state index contributed by atoms with van der Waals surface area (Å²) in [4.78, 5) is 14.7. The maximum atomic E-state index is 13.3. The summed E-state index contributed by atoms with van der Waals surface area (Å²) in [5, 5.41) is 0. The number of ether oxygens (including phenoxy) is 2. The third-order valence-corrected chi connectivity index (χ3v) is 1.87. The SMILES string of the molecule is CCOC(=O)c1cc(C(F)F)c(F)c(OC)n1. The van der Waals surface area contributed by atoms with Gasteiger partial charge in [0.25, 0.3) is 12.3 Å². The van der Waals surface area contributed by atoms with E-state index in [-0.39, 0.29) is 6.61 Å². The third-order valence-electron chi connectivity index (χ3n) is 1.87. The molecule has 0 unspecified atom stereocenters. The first-order valence-corrected chi connectivity index (χ1v) is 4.71. The van der Waals surface area contributed by atoms with Gasteiger partial charge in [0.1, 0.15) is 0 Å². The number of aromatic nitrogens is 1. The van der Waals surface area contributed by atoms with Gasteiger partial charge < -0.3 is 9.47 Å². The number of rotatable bonds is 4. The molecule has 0 saturated heterocycles. The topological polar surface area (TPSA) is 48.4 Å². The molecule has 0 aromatic carbocycles. The summed E-state index contributed by atoms with van der Waals surface area (Å²) in [6.45, 7) is 1.61. The van der Waals surface area contributed by atoms with Gasteiger partial charge in [-0.1, -0.05) is 0 Å². The van der Waals surface area contributed by atoms with Gasteiger partial charge >= 0.3 is 5.97 Å². The Bertz CT molecular complexity index is 424. The summed E-state index contributed by atoms with van der Waals surface area (Å²) in [6.07, 6.45) is -3.07. The Balaban J connectivity index is 3.25. The van der Waals surface area contributed by atoms with Gasteiger partial charge in [0, 0.05) is 0 Å². The van der Waals surface area contributed by atoms with E-state index < -0.39 is 35.3 Å². The number of carbonyl (C=O) groups is 1. The van der Waals surface area contributed by atoms with Gasteiger partial charge in [-0.15, -0.1) is 0 Å². The Kier molecular flexibility index (Phi) is 4.30. The second kappa shape index (κ2) is 5.51. The molecule has 0 fully saturated rings. The van der Waals surface area contributed by atoms with E-state index in [1.807, 2.05) is 0 Å². The zero-order valence-electron chi connectivity index (χ0n) is 9.17. The maximum Gasteiger partial charge on any atom is 0.357 e. The average molecular weight is 249 g/mol. The lowest BCUT2D eigenvalue weighted by Crippen LogP contribution is -2.10. The van der Waals surface area contributed by atoms with Crippen LogP contribution >= 0.6 is 0 Å². The van der Waals surface area contributed by atoms with Gasteiger partial charge in [0.15, 0.2) is 11.5 Å². The molecule has 0 spiro atoms. The molecule has 17 heavy (non-hydrogen) atoms. The van der Waals surface area contributed by atoms with Crippen molar-refractivity contribution in [2.24, 2.45) is 0 Å². The van der Waals surface area contributed by atoms with Crippen LogP contribution < -0.4 is 4.74 Å². The summed E-state index contributed by atoms with van der Waals surface area (Å²) in [6, 6.07) is 0.653. The van der Waals surface area contributed by atoms with Gasteiger partial charge in [-0.25, -0.2) is 22.9 Å². The molecule has 1 rings (SSSR count). The largest absolute Gasteiger partial charge is 0.479 e. The van der Waals surface area contributed by atoms with Crippen LogP contribution in [-0.4, -0.2) is 24.7 Å². The molecular formula is C10H10F3NO3. The summed E-state index contributed by atoms with van der Waals surface area (Å²) < 4.78 is 47.4. The standard InChI is InChI=1S/C10H10F3NO3/c1-3-17-10(15)6-4-5(8(12)13)7(11)9(14-6)16-2/h4,8H,3H2,1-2H3. The van der Waals surface area contributed by atoms with E-state index in [1.165, 1.54) is 0 Å². The molecule has 94 valence electrons. The highest BCUT2D eigenvalue weighted by Gasteiger charge is 2.23. The smallest absolute Gasteiger partial charge is 0.357 e. The van der Waals surface area contributed by atoms with Crippen LogP contribution in [0.1, 0.15) is 29.4 Å². The van der Waals surface area contributed by atoms with Crippen LogP contribution in [0.5, 0.6) is 5.88 Å². The van der Waals surface area contributed by atoms with E-state index >= 15 is 0 Å². The summed E-state index contributed by atoms with van der Waals surface area (Å²) in [7, 11) is 1.07. The van der Waals surface area contributed by atoms with Crippen LogP contribution in [0.2, 0.25) is 0 Å². The van der Waals surface area contributed by atoms with E-state index in [4.69, 9.17) is 0 Å². The van der Waals surface area contributed by atoms with Crippen molar-refractivity contribution < 1.29 is 27.4 Å². The number of hydrogen-bond acceptors (Lipinski definition) is 4. The molecule has 0 radical (unpaired) electrons. The molecular weight excluding hydrogens is 239 g/mol. The Morgan fingerprint density at radius 3 is 2.65 bits per heavy atom. The minimum Gasteiger partial charge on any atom is -0.479 e. The molecule has 0 N–H and O–H groups in total. The highest BCUT2D eigenvalue weighted by molar-refractivity contribution is 5.87. The predicted octanol–water partition coefficient (Wildman–Crippen LogP) is 2.34. The molecule has 0 aliphatic rings. The molecule has 0 amide bonds. The summed E-state index contributed by atoms with van der Waals surface area (Å²) in [5.41, 5.74) is -1.36. The quantitative estimate of drug-likeness (QED) is 0.768. The van der Waals surface area contributed by atoms with Crippen molar-refractivity contribution >= 4 is 5.97 Å². The molecule has 4 nitrogen and oxygen atoms in total. The van der Waals surface area contributed by atoms with Crippen LogP contribution in [0.4, 0.5) is 13.2 Å². The van der Waals surface area contributed by atoms with E-state index in [2.05, 4.69) is 14.5 Å². The Morgan fingerprint density at radius 1 is 1.53 bits per heavy atom. The second-order valence-electron chi connectivity index (χ2n) is 2.94. The molecule has 7 heteroatoms. The first kappa shape index (κ1) is 13.3. The van der Waals surface area contributed by atoms with Crippen molar-refractivity contribution in [3.8, 4) is 5.88 Å². The van der Waals surface area contributed by atoms with Crippen LogP contribution in [0.25, 0.3) is 0 Å². The van der Waals surface area contributed by atoms with E-state index in [1.54, 1.807) is 6.92 Å². The van der Waals surface area contributed by atoms with Crippen molar-refractivity contribution in [2.45, 2.75) is 13.3 Å². The highest BCUT2D eigenvalue weighted by Crippen LogP contribution is 2.27. The van der Waals surface area contributed by atoms with Gasteiger partial charge in [0.05, 0.1) is 19.3 Å². The summed E-state index contributed by atoms with van der Waals surface area (Å²) in [5.74, 6) is -2.85. The molecule has 0 bridgehead atoms. The highest BCUT2D eigenvalue weighted by atomic mass is 19.3. The van der Waals surface area contributed by atoms with E-state index in [0.717, 1.165) is 7.11 Å². The molecule has 1 heterocycles. The van der Waals surface area contributed by atoms with Gasteiger partial charge in [-0.3, -0.25) is 0 Å². The zero-order chi connectivity index (χ0) is 13.0. The second-order valence-corrected chi connectivity index (χ2v) is 2.94. The number of halogens is 3. The van der Waals surface area contributed by atoms with Crippen LogP contribution in [0.15, 0.2) is 6.07 Å². The molecule has 0 atom stereocenters. The number of nitrogens with zero attached hydrogens (tertiary/aromatic N) is 1. The predicted molar refractivity (Wildman–Crippen MR) is 51.7 cm³/mol. The number of alkyl halides is 2. The fourth-order valence-corrected chi connectivity index (χ4v) is 1.13. The normalized spacial score (nSPS) is 10.5. The number of methoxy groups -OCH3 is 1. The minimum atomic E-state index is -3.07. The molecule has 1 aromatic rings. The van der Waals surface area contributed by atoms with Crippen LogP contribution in [0, 0.1) is 5.82 Å². The molecule has 0 aliphatic carbocycles. The van der Waals surface area contributed by atoms with Crippen LogP contribution in [-0.2, 0) is 4.74 Å². The van der Waals surface area contributed by atoms with Gasteiger partial charge in [0.2, 0.25) is 0 Å². The molecule has 1 aromatic heterocycles. The van der Waals surface area contributed by atoms with Gasteiger partial charge in [-0.2, -0.15) is 0 Å². The van der Waals surface area contributed by atoms with E-state index in [9.17, 15) is 18.0 Å². The Labute approximate surface area is 95.4 Å². The number of carbonyl (C=O) groups excluding carboxylic acids is 1. The number of pyridine rings is 1. The lowest BCUT2D eigenvalue weighted by Gasteiger charge is -2.08. The monoisotopic (exact) mass is 249 g/mol. The fourth-order valence-electron chi connectivity index (χ4n) is 1.13. The van der Waals surface area contributed by atoms with Crippen molar-refractivity contribution in [1.29, 1.82) is 0 Å². The number of esters is 1. The van der Waals surface area contributed by atoms with Crippen LogP contribution in [0.3, 0.4) is 0 Å². The first-order valence-electron chi connectivity index (χ1n) is 4.71. The zero-order valence-corrected chi connectivity index (χ0v) is 9.17. The summed E-state index contributed by atoms with van der Waals surface area (Å²) >= 11 is 0. The average Bonchev–Trinajstić information content (AvgIpc) is 2.29. The third kappa shape index (κ3) is 2.86.